The van der Waals surface area contributed by atoms with Crippen molar-refractivity contribution in [2.45, 2.75) is 41.9 Å². The molecule has 1 amide bonds. The molecular formula is C22H25N5O4S. The van der Waals surface area contributed by atoms with Gasteiger partial charge in [-0.15, -0.1) is 0 Å². The van der Waals surface area contributed by atoms with Crippen LogP contribution in [0.1, 0.15) is 42.9 Å². The number of aromatic nitrogens is 4. The van der Waals surface area contributed by atoms with Crippen molar-refractivity contribution in [1.29, 1.82) is 0 Å². The van der Waals surface area contributed by atoms with E-state index in [1.165, 1.54) is 23.3 Å². The van der Waals surface area contributed by atoms with Crippen LogP contribution in [-0.4, -0.2) is 65.3 Å². The summed E-state index contributed by atoms with van der Waals surface area (Å²) in [4.78, 5) is 23.9. The molecule has 1 aliphatic carbocycles. The lowest BCUT2D eigenvalue weighted by molar-refractivity contribution is -0.135. The third-order valence-electron chi connectivity index (χ3n) is 6.60. The number of likely N-dealkylation sites (tertiary alicyclic amines) is 1. The zero-order valence-electron chi connectivity index (χ0n) is 18.1. The summed E-state index contributed by atoms with van der Waals surface area (Å²) < 4.78 is 31.7. The summed E-state index contributed by atoms with van der Waals surface area (Å²) in [6.45, 7) is 1.10. The van der Waals surface area contributed by atoms with Gasteiger partial charge in [0.1, 0.15) is 17.0 Å². The Hall–Kier alpha value is -3.01. The van der Waals surface area contributed by atoms with Crippen molar-refractivity contribution in [3.05, 3.63) is 48.0 Å². The van der Waals surface area contributed by atoms with Gasteiger partial charge in [0.2, 0.25) is 5.91 Å². The molecule has 2 fully saturated rings. The Kier molecular flexibility index (Phi) is 4.92. The first-order valence-electron chi connectivity index (χ1n) is 10.7. The second-order valence-corrected chi connectivity index (χ2v) is 10.6. The molecule has 2 aliphatic rings. The number of carbonyl (C=O) groups is 1. The van der Waals surface area contributed by atoms with Gasteiger partial charge in [0.05, 0.1) is 24.4 Å². The van der Waals surface area contributed by atoms with Crippen LogP contribution in [0.5, 0.6) is 5.75 Å². The smallest absolute Gasteiger partial charge is 0.252 e. The van der Waals surface area contributed by atoms with E-state index >= 15 is 0 Å². The Bertz CT molecular complexity index is 1280. The van der Waals surface area contributed by atoms with Crippen molar-refractivity contribution in [3.63, 3.8) is 0 Å². The maximum atomic E-state index is 13.6. The number of sulfone groups is 1. The van der Waals surface area contributed by atoms with Crippen molar-refractivity contribution < 1.29 is 17.9 Å². The number of amides is 1. The molecule has 32 heavy (non-hydrogen) atoms. The van der Waals surface area contributed by atoms with Gasteiger partial charge >= 0.3 is 0 Å². The quantitative estimate of drug-likeness (QED) is 0.579. The predicted molar refractivity (Wildman–Crippen MR) is 116 cm³/mol. The van der Waals surface area contributed by atoms with Gasteiger partial charge in [0, 0.05) is 25.3 Å². The van der Waals surface area contributed by atoms with Gasteiger partial charge in [-0.25, -0.2) is 13.4 Å². The van der Waals surface area contributed by atoms with E-state index in [1.807, 2.05) is 29.2 Å². The fourth-order valence-electron chi connectivity index (χ4n) is 4.79. The van der Waals surface area contributed by atoms with Gasteiger partial charge in [-0.1, -0.05) is 12.1 Å². The molecular weight excluding hydrogens is 430 g/mol. The zero-order chi connectivity index (χ0) is 22.5. The molecule has 1 saturated heterocycles. The summed E-state index contributed by atoms with van der Waals surface area (Å²) in [5.74, 6) is 1.05. The van der Waals surface area contributed by atoms with Crippen LogP contribution >= 0.6 is 0 Å². The summed E-state index contributed by atoms with van der Waals surface area (Å²) in [5.41, 5.74) is 1.07. The number of piperidine rings is 1. The average Bonchev–Trinajstić information content (AvgIpc) is 3.47. The Morgan fingerprint density at radius 2 is 1.94 bits per heavy atom. The standard InChI is InChI=1S/C22H25N5O4S/c1-31-17-7-5-16(6-8-17)22(9-10-22)20(28)26-11-3-4-15(13-26)19-18(32(2,29)30)12-23-21-24-14-25-27(19)21/h5-8,12,14-15H,3-4,9-11,13H2,1-2H3/t15-/m1/s1. The van der Waals surface area contributed by atoms with Crippen LogP contribution in [0, 0.1) is 0 Å². The van der Waals surface area contributed by atoms with Gasteiger partial charge in [0.25, 0.3) is 5.78 Å². The van der Waals surface area contributed by atoms with Crippen molar-refractivity contribution in [3.8, 4) is 5.75 Å². The molecule has 1 saturated carbocycles. The zero-order valence-corrected chi connectivity index (χ0v) is 18.9. The molecule has 10 heteroatoms. The summed E-state index contributed by atoms with van der Waals surface area (Å²) >= 11 is 0. The lowest BCUT2D eigenvalue weighted by Crippen LogP contribution is -2.45. The second kappa shape index (κ2) is 7.54. The summed E-state index contributed by atoms with van der Waals surface area (Å²) in [6, 6.07) is 7.71. The van der Waals surface area contributed by atoms with Crippen molar-refractivity contribution in [2.24, 2.45) is 0 Å². The summed E-state index contributed by atoms with van der Waals surface area (Å²) in [5, 5.41) is 4.23. The number of ether oxygens (including phenoxy) is 1. The lowest BCUT2D eigenvalue weighted by atomic mass is 9.90. The van der Waals surface area contributed by atoms with E-state index < -0.39 is 15.3 Å². The van der Waals surface area contributed by atoms with Gasteiger partial charge in [-0.05, 0) is 43.4 Å². The Morgan fingerprint density at radius 3 is 2.59 bits per heavy atom. The molecule has 0 spiro atoms. The van der Waals surface area contributed by atoms with E-state index in [0.717, 1.165) is 37.0 Å². The fraction of sp³-hybridized carbons (Fsp3) is 0.455. The number of carbonyl (C=O) groups excluding carboxylic acids is 1. The SMILES string of the molecule is COc1ccc(C2(C(=O)N3CCC[C@@H](c4c(S(C)(=O)=O)cnc5ncnn45)C3)CC2)cc1. The van der Waals surface area contributed by atoms with Gasteiger partial charge in [-0.2, -0.15) is 14.6 Å². The molecule has 3 heterocycles. The highest BCUT2D eigenvalue weighted by Crippen LogP contribution is 2.50. The van der Waals surface area contributed by atoms with E-state index in [2.05, 4.69) is 15.1 Å². The van der Waals surface area contributed by atoms with E-state index in [-0.39, 0.29) is 16.7 Å². The number of fused-ring (bicyclic) bond motifs is 1. The fourth-order valence-corrected chi connectivity index (χ4v) is 5.67. The molecule has 1 aromatic carbocycles. The van der Waals surface area contributed by atoms with E-state index in [9.17, 15) is 13.2 Å². The van der Waals surface area contributed by atoms with Gasteiger partial charge in [0.15, 0.2) is 9.84 Å². The molecule has 5 rings (SSSR count). The van der Waals surface area contributed by atoms with Crippen LogP contribution in [0.25, 0.3) is 5.78 Å². The topological polar surface area (TPSA) is 107 Å². The van der Waals surface area contributed by atoms with Crippen LogP contribution < -0.4 is 4.74 Å². The van der Waals surface area contributed by atoms with Crippen molar-refractivity contribution in [2.75, 3.05) is 26.5 Å². The van der Waals surface area contributed by atoms with Crippen LogP contribution in [0.4, 0.5) is 0 Å². The molecule has 1 atom stereocenters. The minimum Gasteiger partial charge on any atom is -0.497 e. The number of hydrogen-bond donors (Lipinski definition) is 0. The predicted octanol–water partition coefficient (Wildman–Crippen LogP) is 1.97. The molecule has 0 N–H and O–H groups in total. The third kappa shape index (κ3) is 3.42. The first-order valence-corrected chi connectivity index (χ1v) is 12.6. The number of benzene rings is 1. The normalized spacial score (nSPS) is 20.3. The molecule has 168 valence electrons. The van der Waals surface area contributed by atoms with Crippen LogP contribution in [0.15, 0.2) is 41.7 Å². The maximum absolute atomic E-state index is 13.6. The van der Waals surface area contributed by atoms with Crippen molar-refractivity contribution >= 4 is 21.5 Å². The highest BCUT2D eigenvalue weighted by molar-refractivity contribution is 7.90. The number of rotatable bonds is 5. The molecule has 2 aromatic heterocycles. The van der Waals surface area contributed by atoms with Gasteiger partial charge < -0.3 is 9.64 Å². The van der Waals surface area contributed by atoms with E-state index in [4.69, 9.17) is 4.74 Å². The summed E-state index contributed by atoms with van der Waals surface area (Å²) in [6.07, 6.45) is 7.08. The Balaban J connectivity index is 1.47. The molecule has 3 aromatic rings. The molecule has 0 radical (unpaired) electrons. The number of nitrogens with zero attached hydrogens (tertiary/aromatic N) is 5. The molecule has 0 bridgehead atoms. The maximum Gasteiger partial charge on any atom is 0.252 e. The molecule has 0 unspecified atom stereocenters. The monoisotopic (exact) mass is 455 g/mol. The molecule has 9 nitrogen and oxygen atoms in total. The Labute approximate surface area is 186 Å². The largest absolute Gasteiger partial charge is 0.497 e. The highest BCUT2D eigenvalue weighted by Gasteiger charge is 2.53. The number of hydrogen-bond acceptors (Lipinski definition) is 7. The third-order valence-corrected chi connectivity index (χ3v) is 7.72. The van der Waals surface area contributed by atoms with Crippen LogP contribution in [-0.2, 0) is 20.0 Å². The highest BCUT2D eigenvalue weighted by atomic mass is 32.2. The van der Waals surface area contributed by atoms with Crippen LogP contribution in [0.3, 0.4) is 0 Å². The first kappa shape index (κ1) is 20.9. The Morgan fingerprint density at radius 1 is 1.19 bits per heavy atom. The average molecular weight is 456 g/mol. The van der Waals surface area contributed by atoms with Gasteiger partial charge in [-0.3, -0.25) is 4.79 Å². The first-order chi connectivity index (χ1) is 15.3. The summed E-state index contributed by atoms with van der Waals surface area (Å²) in [7, 11) is -1.90. The van der Waals surface area contributed by atoms with Crippen molar-refractivity contribution in [1.82, 2.24) is 24.5 Å². The van der Waals surface area contributed by atoms with E-state index in [1.54, 1.807) is 7.11 Å². The second-order valence-electron chi connectivity index (χ2n) is 8.65. The van der Waals surface area contributed by atoms with Crippen LogP contribution in [0.2, 0.25) is 0 Å². The lowest BCUT2D eigenvalue weighted by Gasteiger charge is -2.36. The molecule has 1 aliphatic heterocycles. The minimum atomic E-state index is -3.52. The number of methoxy groups -OCH3 is 1. The minimum absolute atomic E-state index is 0.108. The van der Waals surface area contributed by atoms with E-state index in [0.29, 0.717) is 24.6 Å².